The predicted octanol–water partition coefficient (Wildman–Crippen LogP) is 4.51. The first-order chi connectivity index (χ1) is 16.6. The van der Waals surface area contributed by atoms with Gasteiger partial charge in [0.05, 0.1) is 23.7 Å². The molecule has 35 heavy (non-hydrogen) atoms. The first-order valence-corrected chi connectivity index (χ1v) is 11.5. The second-order valence-electron chi connectivity index (χ2n) is 9.19. The molecule has 1 aromatic carbocycles. The van der Waals surface area contributed by atoms with Crippen LogP contribution in [-0.2, 0) is 9.53 Å². The Labute approximate surface area is 203 Å². The van der Waals surface area contributed by atoms with Crippen molar-refractivity contribution in [2.75, 3.05) is 44.0 Å². The van der Waals surface area contributed by atoms with Crippen molar-refractivity contribution in [2.24, 2.45) is 0 Å². The zero-order chi connectivity index (χ0) is 25.5. The molecule has 0 radical (unpaired) electrons. The topological polar surface area (TPSA) is 70.6 Å². The number of methoxy groups -OCH3 is 1. The van der Waals surface area contributed by atoms with Gasteiger partial charge in [-0.05, 0) is 31.9 Å². The Balaban J connectivity index is 1.73. The number of halogens is 3. The van der Waals surface area contributed by atoms with Crippen molar-refractivity contribution in [3.63, 3.8) is 0 Å². The zero-order valence-corrected chi connectivity index (χ0v) is 20.5. The van der Waals surface area contributed by atoms with E-state index in [9.17, 15) is 18.0 Å². The van der Waals surface area contributed by atoms with Crippen LogP contribution in [0.15, 0.2) is 23.8 Å². The highest BCUT2D eigenvalue weighted by molar-refractivity contribution is 5.80. The number of hydrogen-bond acceptors (Lipinski definition) is 6. The summed E-state index contributed by atoms with van der Waals surface area (Å²) in [6, 6.07) is 3.37. The summed E-state index contributed by atoms with van der Waals surface area (Å²) in [5.74, 6) is 0.763. The second kappa shape index (κ2) is 9.49. The van der Waals surface area contributed by atoms with E-state index in [1.165, 1.54) is 12.1 Å². The lowest BCUT2D eigenvalue weighted by Crippen LogP contribution is -2.43. The number of aromatic nitrogens is 2. The number of hydrogen-bond donors (Lipinski definition) is 1. The molecule has 1 fully saturated rings. The average molecular weight is 490 g/mol. The standard InChI is InChI=1S/C25H30F3N5O2/c1-14(18-7-6-8-19(21(18)26)22(27)28)29-23-20-11-17(12-32(4)24(20)31-15(2)30-23)25(35-5)9-10-33(13-25)16(3)34/h6-8,11,14,22H,9-10,12-13H2,1-5H3,(H,29,30,31)/t14-,25?/m1/s1. The minimum atomic E-state index is -2.90. The fourth-order valence-corrected chi connectivity index (χ4v) is 4.89. The number of likely N-dealkylation sites (tertiary alicyclic amines) is 1. The minimum absolute atomic E-state index is 0.00252. The fourth-order valence-electron chi connectivity index (χ4n) is 4.89. The van der Waals surface area contributed by atoms with Crippen molar-refractivity contribution in [2.45, 2.75) is 45.3 Å². The van der Waals surface area contributed by atoms with E-state index >= 15 is 0 Å². The first kappa shape index (κ1) is 25.0. The van der Waals surface area contributed by atoms with Crippen LogP contribution in [0.25, 0.3) is 6.08 Å². The fraction of sp³-hybridized carbons (Fsp3) is 0.480. The number of ether oxygens (including phenoxy) is 1. The van der Waals surface area contributed by atoms with Crippen LogP contribution in [0.5, 0.6) is 0 Å². The van der Waals surface area contributed by atoms with Crippen molar-refractivity contribution in [1.82, 2.24) is 14.9 Å². The second-order valence-corrected chi connectivity index (χ2v) is 9.19. The molecule has 10 heteroatoms. The van der Waals surface area contributed by atoms with E-state index in [1.54, 1.807) is 32.8 Å². The Morgan fingerprint density at radius 1 is 1.26 bits per heavy atom. The summed E-state index contributed by atoms with van der Waals surface area (Å²) >= 11 is 0. The highest BCUT2D eigenvalue weighted by Crippen LogP contribution is 2.40. The smallest absolute Gasteiger partial charge is 0.266 e. The largest absolute Gasteiger partial charge is 0.372 e. The number of amides is 1. The molecule has 1 amide bonds. The Bertz CT molecular complexity index is 1170. The molecule has 0 aliphatic carbocycles. The van der Waals surface area contributed by atoms with Crippen molar-refractivity contribution < 1.29 is 22.7 Å². The predicted molar refractivity (Wildman–Crippen MR) is 128 cm³/mol. The Hall–Kier alpha value is -3.14. The highest BCUT2D eigenvalue weighted by atomic mass is 19.3. The Morgan fingerprint density at radius 3 is 2.60 bits per heavy atom. The van der Waals surface area contributed by atoms with E-state index in [2.05, 4.69) is 15.3 Å². The molecular weight excluding hydrogens is 459 g/mol. The van der Waals surface area contributed by atoms with Crippen molar-refractivity contribution in [3.8, 4) is 0 Å². The molecule has 2 atom stereocenters. The molecule has 2 aliphatic heterocycles. The van der Waals surface area contributed by atoms with Gasteiger partial charge in [-0.3, -0.25) is 4.79 Å². The monoisotopic (exact) mass is 489 g/mol. The number of nitrogens with zero attached hydrogens (tertiary/aromatic N) is 4. The lowest BCUT2D eigenvalue weighted by atomic mass is 9.88. The van der Waals surface area contributed by atoms with Crippen molar-refractivity contribution in [3.05, 3.63) is 52.1 Å². The quantitative estimate of drug-likeness (QED) is 0.644. The van der Waals surface area contributed by atoms with Crippen LogP contribution in [0.1, 0.15) is 55.3 Å². The van der Waals surface area contributed by atoms with Crippen LogP contribution in [0.2, 0.25) is 0 Å². The maximum Gasteiger partial charge on any atom is 0.266 e. The molecule has 1 N–H and O–H groups in total. The summed E-state index contributed by atoms with van der Waals surface area (Å²) in [6.45, 7) is 6.62. The summed E-state index contributed by atoms with van der Waals surface area (Å²) in [6.07, 6.45) is -0.264. The van der Waals surface area contributed by atoms with Crippen LogP contribution in [0, 0.1) is 12.7 Å². The summed E-state index contributed by atoms with van der Waals surface area (Å²) in [5, 5.41) is 3.21. The van der Waals surface area contributed by atoms with Gasteiger partial charge in [-0.15, -0.1) is 0 Å². The summed E-state index contributed by atoms with van der Waals surface area (Å²) in [4.78, 5) is 24.9. The lowest BCUT2D eigenvalue weighted by molar-refractivity contribution is -0.128. The molecule has 3 heterocycles. The first-order valence-electron chi connectivity index (χ1n) is 11.5. The number of alkyl halides is 2. The lowest BCUT2D eigenvalue weighted by Gasteiger charge is -2.37. The Morgan fingerprint density at radius 2 is 1.97 bits per heavy atom. The number of nitrogens with one attached hydrogen (secondary N) is 1. The van der Waals surface area contributed by atoms with Crippen LogP contribution < -0.4 is 10.2 Å². The summed E-state index contributed by atoms with van der Waals surface area (Å²) < 4.78 is 47.2. The number of rotatable bonds is 6. The zero-order valence-electron chi connectivity index (χ0n) is 20.5. The molecule has 1 unspecified atom stereocenters. The van der Waals surface area contributed by atoms with Gasteiger partial charge in [0.1, 0.15) is 28.9 Å². The highest BCUT2D eigenvalue weighted by Gasteiger charge is 2.44. The molecule has 0 spiro atoms. The van der Waals surface area contributed by atoms with Gasteiger partial charge in [0.25, 0.3) is 6.43 Å². The number of benzene rings is 1. The number of fused-ring (bicyclic) bond motifs is 1. The van der Waals surface area contributed by atoms with Gasteiger partial charge < -0.3 is 19.9 Å². The molecule has 2 aliphatic rings. The number of carbonyl (C=O) groups is 1. The normalized spacial score (nSPS) is 20.7. The van der Waals surface area contributed by atoms with Crippen LogP contribution in [0.4, 0.5) is 24.8 Å². The number of carbonyl (C=O) groups excluding carboxylic acids is 1. The molecule has 7 nitrogen and oxygen atoms in total. The van der Waals surface area contributed by atoms with E-state index in [1.807, 2.05) is 18.0 Å². The third kappa shape index (κ3) is 4.59. The van der Waals surface area contributed by atoms with E-state index < -0.39 is 29.4 Å². The number of aryl methyl sites for hydroxylation is 1. The van der Waals surface area contributed by atoms with E-state index in [4.69, 9.17) is 4.74 Å². The third-order valence-corrected chi connectivity index (χ3v) is 6.89. The van der Waals surface area contributed by atoms with Gasteiger partial charge in [0.15, 0.2) is 0 Å². The van der Waals surface area contributed by atoms with Gasteiger partial charge >= 0.3 is 0 Å². The average Bonchev–Trinajstić information content (AvgIpc) is 3.26. The molecule has 188 valence electrons. The van der Waals surface area contributed by atoms with Crippen molar-refractivity contribution >= 4 is 23.6 Å². The van der Waals surface area contributed by atoms with Crippen LogP contribution in [0.3, 0.4) is 0 Å². The molecule has 0 bridgehead atoms. The maximum atomic E-state index is 14.8. The molecule has 2 aromatic rings. The molecular formula is C25H30F3N5O2. The van der Waals surface area contributed by atoms with Crippen molar-refractivity contribution in [1.29, 1.82) is 0 Å². The molecule has 1 saturated heterocycles. The van der Waals surface area contributed by atoms with E-state index in [0.29, 0.717) is 49.1 Å². The SMILES string of the molecule is COC1(C2=Cc3c(N[C@H](C)c4cccc(C(F)F)c4F)nc(C)nc3N(C)C2)CCN(C(C)=O)C1. The Kier molecular flexibility index (Phi) is 6.77. The minimum Gasteiger partial charge on any atom is -0.372 e. The molecule has 4 rings (SSSR count). The summed E-state index contributed by atoms with van der Waals surface area (Å²) in [7, 11) is 3.56. The van der Waals surface area contributed by atoms with Gasteiger partial charge in [0, 0.05) is 39.7 Å². The van der Waals surface area contributed by atoms with Gasteiger partial charge in [0.2, 0.25) is 5.91 Å². The van der Waals surface area contributed by atoms with Gasteiger partial charge in [-0.1, -0.05) is 18.2 Å². The van der Waals surface area contributed by atoms with Gasteiger partial charge in [-0.2, -0.15) is 0 Å². The van der Waals surface area contributed by atoms with Crippen LogP contribution >= 0.6 is 0 Å². The van der Waals surface area contributed by atoms with Gasteiger partial charge in [-0.25, -0.2) is 23.1 Å². The molecule has 0 saturated carbocycles. The van der Waals surface area contributed by atoms with Crippen LogP contribution in [-0.4, -0.2) is 60.2 Å². The molecule has 1 aromatic heterocycles. The number of anilines is 2. The maximum absolute atomic E-state index is 14.8. The summed E-state index contributed by atoms with van der Waals surface area (Å²) in [5.41, 5.74) is 0.546. The van der Waals surface area contributed by atoms with E-state index in [-0.39, 0.29) is 11.5 Å². The van der Waals surface area contributed by atoms with E-state index in [0.717, 1.165) is 11.6 Å². The number of likely N-dealkylation sites (N-methyl/N-ethyl adjacent to an activating group) is 1. The third-order valence-electron chi connectivity index (χ3n) is 6.89.